The predicted molar refractivity (Wildman–Crippen MR) is 135 cm³/mol. The molecule has 3 aromatic heterocycles. The summed E-state index contributed by atoms with van der Waals surface area (Å²) in [7, 11) is 0. The third-order valence-electron chi connectivity index (χ3n) is 6.41. The summed E-state index contributed by atoms with van der Waals surface area (Å²) in [4.78, 5) is 26.9. The van der Waals surface area contributed by atoms with Gasteiger partial charge in [-0.15, -0.1) is 0 Å². The van der Waals surface area contributed by atoms with E-state index in [9.17, 15) is 14.4 Å². The summed E-state index contributed by atoms with van der Waals surface area (Å²) < 4.78 is 18.0. The van der Waals surface area contributed by atoms with E-state index in [1.807, 2.05) is 13.8 Å². The molecule has 0 bridgehead atoms. The van der Waals surface area contributed by atoms with Crippen LogP contribution in [0, 0.1) is 17.1 Å². The zero-order chi connectivity index (χ0) is 25.6. The van der Waals surface area contributed by atoms with Crippen molar-refractivity contribution in [1.82, 2.24) is 29.6 Å². The van der Waals surface area contributed by atoms with Crippen molar-refractivity contribution in [3.63, 3.8) is 0 Å². The Hall–Kier alpha value is -4.10. The quantitative estimate of drug-likeness (QED) is 0.440. The van der Waals surface area contributed by atoms with Gasteiger partial charge in [-0.1, -0.05) is 6.07 Å². The molecule has 4 heterocycles. The minimum Gasteiger partial charge on any atom is -0.322 e. The fourth-order valence-corrected chi connectivity index (χ4v) is 4.41. The molecule has 9 nitrogen and oxygen atoms in total. The van der Waals surface area contributed by atoms with E-state index in [-0.39, 0.29) is 23.2 Å². The van der Waals surface area contributed by atoms with Crippen LogP contribution in [0.3, 0.4) is 0 Å². The number of nitrogens with one attached hydrogen (secondary N) is 2. The largest absolute Gasteiger partial charge is 0.322 e. The highest BCUT2D eigenvalue weighted by molar-refractivity contribution is 5.77. The molecule has 0 spiro atoms. The second-order valence-corrected chi connectivity index (χ2v) is 9.76. The third kappa shape index (κ3) is 4.01. The molecule has 0 unspecified atom stereocenters. The lowest BCUT2D eigenvalue weighted by atomic mass is 9.91. The summed E-state index contributed by atoms with van der Waals surface area (Å²) >= 11 is 0. The zero-order valence-corrected chi connectivity index (χ0v) is 20.6. The molecule has 36 heavy (non-hydrogen) atoms. The average molecular weight is 487 g/mol. The van der Waals surface area contributed by atoms with E-state index >= 15 is 0 Å². The summed E-state index contributed by atoms with van der Waals surface area (Å²) in [6.07, 6.45) is 2.26. The Morgan fingerprint density at radius 1 is 1.22 bits per heavy atom. The van der Waals surface area contributed by atoms with Gasteiger partial charge in [-0.3, -0.25) is 4.79 Å². The first-order valence-corrected chi connectivity index (χ1v) is 11.9. The van der Waals surface area contributed by atoms with Crippen molar-refractivity contribution in [1.29, 1.82) is 5.26 Å². The summed E-state index contributed by atoms with van der Waals surface area (Å²) in [6, 6.07) is 10.7. The second-order valence-electron chi connectivity index (χ2n) is 9.76. The molecule has 1 aliphatic rings. The molecule has 0 radical (unpaired) electrons. The summed E-state index contributed by atoms with van der Waals surface area (Å²) in [6.45, 7) is 8.84. The molecule has 1 aromatic carbocycles. The van der Waals surface area contributed by atoms with Gasteiger partial charge in [0.1, 0.15) is 11.2 Å². The summed E-state index contributed by atoms with van der Waals surface area (Å²) in [5.41, 5.74) is 2.13. The van der Waals surface area contributed by atoms with Gasteiger partial charge >= 0.3 is 0 Å². The number of anilines is 2. The van der Waals surface area contributed by atoms with Gasteiger partial charge in [0.05, 0.1) is 22.9 Å². The van der Waals surface area contributed by atoms with Gasteiger partial charge in [-0.25, -0.2) is 23.7 Å². The predicted octanol–water partition coefficient (Wildman–Crippen LogP) is 3.89. The van der Waals surface area contributed by atoms with Crippen LogP contribution in [0.25, 0.3) is 16.9 Å². The number of nitrogens with zero attached hydrogens (tertiary/aromatic N) is 6. The molecule has 10 heteroatoms. The number of pyridine rings is 1. The molecule has 0 saturated heterocycles. The van der Waals surface area contributed by atoms with Crippen molar-refractivity contribution in [3.05, 3.63) is 69.5 Å². The molecular weight excluding hydrogens is 459 g/mol. The van der Waals surface area contributed by atoms with Crippen molar-refractivity contribution >= 4 is 22.7 Å². The molecule has 0 fully saturated rings. The van der Waals surface area contributed by atoms with Crippen LogP contribution in [0.5, 0.6) is 0 Å². The van der Waals surface area contributed by atoms with Crippen molar-refractivity contribution in [2.45, 2.75) is 52.1 Å². The highest BCUT2D eigenvalue weighted by Crippen LogP contribution is 2.27. The fourth-order valence-electron chi connectivity index (χ4n) is 4.41. The molecule has 184 valence electrons. The van der Waals surface area contributed by atoms with Gasteiger partial charge < -0.3 is 10.6 Å². The molecule has 0 amide bonds. The van der Waals surface area contributed by atoms with Crippen LogP contribution in [-0.4, -0.2) is 30.9 Å². The molecule has 2 N–H and O–H groups in total. The van der Waals surface area contributed by atoms with Gasteiger partial charge in [0.15, 0.2) is 11.5 Å². The van der Waals surface area contributed by atoms with Crippen molar-refractivity contribution in [2.75, 3.05) is 11.9 Å². The highest BCUT2D eigenvalue weighted by atomic mass is 19.1. The Balaban J connectivity index is 1.65. The standard InChI is InChI=1S/C26H27FN8O/c1-15(2)34-24(36)18-13-30-25(31-20-11-16-8-9-29-12-17(16)10-19(20)27)33-23(18)35(34)22-7-5-6-21(32-22)26(3,4)14-28/h5-7,10-11,13,15,29H,8-9,12H2,1-4H3,(H,30,31,33). The van der Waals surface area contributed by atoms with Gasteiger partial charge in [0.25, 0.3) is 5.56 Å². The minimum atomic E-state index is -0.816. The maximum atomic E-state index is 14.8. The Bertz CT molecular complexity index is 1580. The van der Waals surface area contributed by atoms with Gasteiger partial charge in [-0.2, -0.15) is 10.2 Å². The number of hydrogen-bond acceptors (Lipinski definition) is 7. The number of rotatable bonds is 5. The Kier molecular flexibility index (Phi) is 5.80. The molecular formula is C26H27FN8O. The maximum absolute atomic E-state index is 14.8. The molecule has 0 aliphatic carbocycles. The van der Waals surface area contributed by atoms with E-state index in [4.69, 9.17) is 4.98 Å². The van der Waals surface area contributed by atoms with Crippen LogP contribution in [0.1, 0.15) is 50.6 Å². The van der Waals surface area contributed by atoms with Crippen LogP contribution in [0.15, 0.2) is 41.3 Å². The first kappa shape index (κ1) is 23.6. The van der Waals surface area contributed by atoms with Crippen LogP contribution in [0.2, 0.25) is 0 Å². The number of benzene rings is 1. The van der Waals surface area contributed by atoms with Crippen LogP contribution < -0.4 is 16.2 Å². The van der Waals surface area contributed by atoms with E-state index in [1.165, 1.54) is 12.3 Å². The molecule has 5 rings (SSSR count). The number of fused-ring (bicyclic) bond motifs is 2. The van der Waals surface area contributed by atoms with Crippen molar-refractivity contribution in [3.8, 4) is 11.9 Å². The lowest BCUT2D eigenvalue weighted by molar-refractivity contribution is 0.470. The SMILES string of the molecule is CC(C)n1c(=O)c2cnc(Nc3cc4c(cc3F)CNCC4)nc2n1-c1cccc(C(C)(C)C#N)n1. The second kappa shape index (κ2) is 8.84. The Morgan fingerprint density at radius 3 is 2.78 bits per heavy atom. The first-order valence-electron chi connectivity index (χ1n) is 11.9. The number of aromatic nitrogens is 5. The van der Waals surface area contributed by atoms with E-state index in [0.717, 1.165) is 24.1 Å². The fraction of sp³-hybridized carbons (Fsp3) is 0.346. The number of nitriles is 1. The maximum Gasteiger partial charge on any atom is 0.278 e. The smallest absolute Gasteiger partial charge is 0.278 e. The van der Waals surface area contributed by atoms with Crippen LogP contribution in [-0.2, 0) is 18.4 Å². The van der Waals surface area contributed by atoms with Gasteiger partial charge in [0.2, 0.25) is 5.95 Å². The highest BCUT2D eigenvalue weighted by Gasteiger charge is 2.25. The Labute approximate surface area is 207 Å². The van der Waals surface area contributed by atoms with E-state index < -0.39 is 11.2 Å². The first-order chi connectivity index (χ1) is 17.2. The normalized spacial score (nSPS) is 13.6. The topological polar surface area (TPSA) is 113 Å². The summed E-state index contributed by atoms with van der Waals surface area (Å²) in [5.74, 6) is 0.221. The minimum absolute atomic E-state index is 0.165. The molecule has 0 saturated carbocycles. The van der Waals surface area contributed by atoms with Gasteiger partial charge in [-0.05, 0) is 76.1 Å². The monoisotopic (exact) mass is 486 g/mol. The average Bonchev–Trinajstić information content (AvgIpc) is 3.16. The molecule has 4 aromatic rings. The number of hydrogen-bond donors (Lipinski definition) is 2. The van der Waals surface area contributed by atoms with Gasteiger partial charge in [0, 0.05) is 18.8 Å². The third-order valence-corrected chi connectivity index (χ3v) is 6.41. The Morgan fingerprint density at radius 2 is 2.03 bits per heavy atom. The molecule has 1 aliphatic heterocycles. The van der Waals surface area contributed by atoms with E-state index in [0.29, 0.717) is 29.1 Å². The molecule has 0 atom stereocenters. The van der Waals surface area contributed by atoms with E-state index in [2.05, 4.69) is 26.7 Å². The van der Waals surface area contributed by atoms with Crippen molar-refractivity contribution < 1.29 is 4.39 Å². The zero-order valence-electron chi connectivity index (χ0n) is 20.6. The van der Waals surface area contributed by atoms with Crippen molar-refractivity contribution in [2.24, 2.45) is 0 Å². The van der Waals surface area contributed by atoms with E-state index in [1.54, 1.807) is 47.5 Å². The number of halogens is 1. The summed E-state index contributed by atoms with van der Waals surface area (Å²) in [5, 5.41) is 16.1. The van der Waals surface area contributed by atoms with Crippen LogP contribution >= 0.6 is 0 Å². The van der Waals surface area contributed by atoms with Crippen LogP contribution in [0.4, 0.5) is 16.0 Å². The lowest BCUT2D eigenvalue weighted by Crippen LogP contribution is -2.25. The lowest BCUT2D eigenvalue weighted by Gasteiger charge is -2.19.